The fourth-order valence-electron chi connectivity index (χ4n) is 2.10. The van der Waals surface area contributed by atoms with Crippen molar-refractivity contribution in [1.29, 1.82) is 0 Å². The second kappa shape index (κ2) is 6.28. The monoisotopic (exact) mass is 276 g/mol. The van der Waals surface area contributed by atoms with Gasteiger partial charge in [0.1, 0.15) is 0 Å². The molecule has 1 aromatic carbocycles. The molecular weight excluding hydrogens is 256 g/mol. The molecule has 4 heteroatoms. The van der Waals surface area contributed by atoms with E-state index in [2.05, 4.69) is 27.4 Å². The van der Waals surface area contributed by atoms with Crippen molar-refractivity contribution in [2.24, 2.45) is 0 Å². The van der Waals surface area contributed by atoms with Crippen LogP contribution in [-0.2, 0) is 13.1 Å². The van der Waals surface area contributed by atoms with Crippen LogP contribution in [0.5, 0.6) is 0 Å². The van der Waals surface area contributed by atoms with Crippen molar-refractivity contribution >= 4 is 11.3 Å². The molecule has 0 aliphatic heterocycles. The Morgan fingerprint density at radius 3 is 2.53 bits per heavy atom. The van der Waals surface area contributed by atoms with E-state index in [1.807, 2.05) is 37.6 Å². The first-order valence-corrected chi connectivity index (χ1v) is 7.33. The van der Waals surface area contributed by atoms with Gasteiger partial charge in [-0.2, -0.15) is 0 Å². The molecule has 0 saturated carbocycles. The van der Waals surface area contributed by atoms with Crippen molar-refractivity contribution in [3.8, 4) is 0 Å². The van der Waals surface area contributed by atoms with Gasteiger partial charge in [-0.15, -0.1) is 11.3 Å². The smallest absolute Gasteiger partial charge is 0.0795 e. The number of aromatic nitrogens is 1. The molecular formula is C15H20N2OS. The van der Waals surface area contributed by atoms with E-state index in [4.69, 9.17) is 0 Å². The van der Waals surface area contributed by atoms with Crippen LogP contribution in [0.4, 0.5) is 0 Å². The summed E-state index contributed by atoms with van der Waals surface area (Å²) in [5, 5.41) is 12.1. The Bertz CT molecular complexity index is 477. The summed E-state index contributed by atoms with van der Waals surface area (Å²) >= 11 is 1.61. The van der Waals surface area contributed by atoms with Crippen LogP contribution in [0.25, 0.3) is 0 Å². The summed E-state index contributed by atoms with van der Waals surface area (Å²) in [7, 11) is 0. The van der Waals surface area contributed by atoms with Crippen molar-refractivity contribution in [3.63, 3.8) is 0 Å². The third-order valence-corrected chi connectivity index (χ3v) is 3.36. The summed E-state index contributed by atoms with van der Waals surface area (Å²) in [6.07, 6.45) is 0. The zero-order valence-corrected chi connectivity index (χ0v) is 12.2. The van der Waals surface area contributed by atoms with Crippen LogP contribution in [0.1, 0.15) is 25.1 Å². The topological polar surface area (TPSA) is 36.4 Å². The van der Waals surface area contributed by atoms with Crippen LogP contribution >= 0.6 is 11.3 Å². The van der Waals surface area contributed by atoms with E-state index in [1.165, 1.54) is 5.56 Å². The van der Waals surface area contributed by atoms with E-state index in [1.54, 1.807) is 11.3 Å². The van der Waals surface area contributed by atoms with Gasteiger partial charge in [-0.1, -0.05) is 30.3 Å². The molecule has 2 rings (SSSR count). The third kappa shape index (κ3) is 5.11. The molecule has 1 aromatic heterocycles. The first-order chi connectivity index (χ1) is 9.03. The molecule has 0 saturated heterocycles. The molecule has 0 aliphatic carbocycles. The number of benzene rings is 1. The Morgan fingerprint density at radius 1 is 1.21 bits per heavy atom. The molecule has 2 aromatic rings. The standard InChI is InChI=1S/C15H20N2OS/c1-15(2,18)11-17(9-14-10-19-12-16-14)8-13-6-4-3-5-7-13/h3-7,10,12,18H,8-9,11H2,1-2H3. The summed E-state index contributed by atoms with van der Waals surface area (Å²) < 4.78 is 0. The van der Waals surface area contributed by atoms with Gasteiger partial charge in [0.15, 0.2) is 0 Å². The summed E-state index contributed by atoms with van der Waals surface area (Å²) in [4.78, 5) is 6.55. The van der Waals surface area contributed by atoms with Gasteiger partial charge in [0, 0.05) is 25.0 Å². The average Bonchev–Trinajstić information content (AvgIpc) is 2.81. The predicted molar refractivity (Wildman–Crippen MR) is 79.0 cm³/mol. The van der Waals surface area contributed by atoms with Gasteiger partial charge in [-0.05, 0) is 19.4 Å². The Kier molecular flexibility index (Phi) is 4.69. The average molecular weight is 276 g/mol. The van der Waals surface area contributed by atoms with Gasteiger partial charge in [-0.3, -0.25) is 4.90 Å². The lowest BCUT2D eigenvalue weighted by molar-refractivity contribution is 0.0303. The Labute approximate surface area is 118 Å². The summed E-state index contributed by atoms with van der Waals surface area (Å²) in [6.45, 7) is 5.89. The van der Waals surface area contributed by atoms with Crippen molar-refractivity contribution < 1.29 is 5.11 Å². The normalized spacial score (nSPS) is 12.0. The highest BCUT2D eigenvalue weighted by Crippen LogP contribution is 2.14. The van der Waals surface area contributed by atoms with Crippen molar-refractivity contribution in [1.82, 2.24) is 9.88 Å². The molecule has 0 aliphatic rings. The third-order valence-electron chi connectivity index (χ3n) is 2.73. The Hall–Kier alpha value is -1.23. The minimum Gasteiger partial charge on any atom is -0.389 e. The maximum Gasteiger partial charge on any atom is 0.0795 e. The van der Waals surface area contributed by atoms with Crippen molar-refractivity contribution in [2.75, 3.05) is 6.54 Å². The van der Waals surface area contributed by atoms with E-state index in [0.29, 0.717) is 6.54 Å². The maximum absolute atomic E-state index is 10.0. The highest BCUT2D eigenvalue weighted by Gasteiger charge is 2.19. The van der Waals surface area contributed by atoms with Crippen LogP contribution in [0.15, 0.2) is 41.2 Å². The second-order valence-electron chi connectivity index (χ2n) is 5.42. The largest absolute Gasteiger partial charge is 0.389 e. The van der Waals surface area contributed by atoms with Gasteiger partial charge >= 0.3 is 0 Å². The molecule has 0 bridgehead atoms. The minimum atomic E-state index is -0.704. The fourth-order valence-corrected chi connectivity index (χ4v) is 2.65. The number of rotatable bonds is 6. The number of nitrogens with zero attached hydrogens (tertiary/aromatic N) is 2. The molecule has 0 spiro atoms. The van der Waals surface area contributed by atoms with E-state index in [0.717, 1.165) is 18.8 Å². The molecule has 0 fully saturated rings. The van der Waals surface area contributed by atoms with Gasteiger partial charge in [-0.25, -0.2) is 4.98 Å². The van der Waals surface area contributed by atoms with E-state index < -0.39 is 5.60 Å². The number of hydrogen-bond donors (Lipinski definition) is 1. The van der Waals surface area contributed by atoms with Crippen LogP contribution < -0.4 is 0 Å². The predicted octanol–water partition coefficient (Wildman–Crippen LogP) is 2.92. The van der Waals surface area contributed by atoms with E-state index in [-0.39, 0.29) is 0 Å². The highest BCUT2D eigenvalue weighted by molar-refractivity contribution is 7.07. The second-order valence-corrected chi connectivity index (χ2v) is 6.14. The fraction of sp³-hybridized carbons (Fsp3) is 0.400. The first-order valence-electron chi connectivity index (χ1n) is 6.39. The Morgan fingerprint density at radius 2 is 1.95 bits per heavy atom. The summed E-state index contributed by atoms with van der Waals surface area (Å²) in [5.74, 6) is 0. The van der Waals surface area contributed by atoms with Crippen LogP contribution in [0.3, 0.4) is 0 Å². The lowest BCUT2D eigenvalue weighted by Crippen LogP contribution is -2.37. The minimum absolute atomic E-state index is 0.624. The molecule has 102 valence electrons. The van der Waals surface area contributed by atoms with Crippen LogP contribution in [0, 0.1) is 0 Å². The van der Waals surface area contributed by atoms with Gasteiger partial charge in [0.05, 0.1) is 16.8 Å². The number of hydrogen-bond acceptors (Lipinski definition) is 4. The molecule has 0 atom stereocenters. The zero-order valence-electron chi connectivity index (χ0n) is 11.4. The lowest BCUT2D eigenvalue weighted by atomic mass is 10.1. The van der Waals surface area contributed by atoms with Gasteiger partial charge < -0.3 is 5.11 Å². The zero-order chi connectivity index (χ0) is 13.7. The SMILES string of the molecule is CC(C)(O)CN(Cc1ccccc1)Cc1cscn1. The molecule has 0 radical (unpaired) electrons. The lowest BCUT2D eigenvalue weighted by Gasteiger charge is -2.28. The maximum atomic E-state index is 10.0. The Balaban J connectivity index is 2.05. The van der Waals surface area contributed by atoms with Gasteiger partial charge in [0.2, 0.25) is 0 Å². The van der Waals surface area contributed by atoms with Crippen molar-refractivity contribution in [2.45, 2.75) is 32.5 Å². The van der Waals surface area contributed by atoms with E-state index >= 15 is 0 Å². The van der Waals surface area contributed by atoms with Crippen LogP contribution in [-0.4, -0.2) is 27.1 Å². The molecule has 1 heterocycles. The number of thiazole rings is 1. The molecule has 0 unspecified atom stereocenters. The molecule has 19 heavy (non-hydrogen) atoms. The van der Waals surface area contributed by atoms with Crippen molar-refractivity contribution in [3.05, 3.63) is 52.5 Å². The highest BCUT2D eigenvalue weighted by atomic mass is 32.1. The first kappa shape index (κ1) is 14.2. The molecule has 0 amide bonds. The van der Waals surface area contributed by atoms with Gasteiger partial charge in [0.25, 0.3) is 0 Å². The molecule has 1 N–H and O–H groups in total. The summed E-state index contributed by atoms with van der Waals surface area (Å²) in [5.41, 5.74) is 3.46. The van der Waals surface area contributed by atoms with E-state index in [9.17, 15) is 5.11 Å². The summed E-state index contributed by atoms with van der Waals surface area (Å²) in [6, 6.07) is 10.3. The quantitative estimate of drug-likeness (QED) is 0.881. The number of aliphatic hydroxyl groups is 1. The molecule has 3 nitrogen and oxygen atoms in total. The van der Waals surface area contributed by atoms with Crippen LogP contribution in [0.2, 0.25) is 0 Å².